The zero-order valence-electron chi connectivity index (χ0n) is 9.03. The predicted octanol–water partition coefficient (Wildman–Crippen LogP) is 4.88. The van der Waals surface area contributed by atoms with Gasteiger partial charge in [0.25, 0.3) is 0 Å². The Morgan fingerprint density at radius 3 is 2.65 bits per heavy atom. The summed E-state index contributed by atoms with van der Waals surface area (Å²) in [6.07, 6.45) is 1.60. The van der Waals surface area contributed by atoms with E-state index in [1.54, 1.807) is 6.07 Å². The quantitative estimate of drug-likeness (QED) is 0.719. The van der Waals surface area contributed by atoms with Crippen LogP contribution in [0.25, 0.3) is 10.9 Å². The molecule has 1 aromatic heterocycles. The van der Waals surface area contributed by atoms with Gasteiger partial charge >= 0.3 is 0 Å². The van der Waals surface area contributed by atoms with Crippen molar-refractivity contribution >= 4 is 38.4 Å². The topological polar surface area (TPSA) is 12.9 Å². The van der Waals surface area contributed by atoms with Crippen molar-refractivity contribution in [2.24, 2.45) is 0 Å². The monoisotopic (exact) mass is 319 g/mol. The third kappa shape index (κ3) is 2.29. The van der Waals surface area contributed by atoms with Crippen molar-refractivity contribution in [2.75, 3.05) is 0 Å². The maximum Gasteiger partial charge on any atom is 0.152 e. The minimum absolute atomic E-state index is 0.106. The van der Waals surface area contributed by atoms with Gasteiger partial charge in [-0.15, -0.1) is 0 Å². The van der Waals surface area contributed by atoms with Gasteiger partial charge in [0.1, 0.15) is 11.3 Å². The molecular weight excluding hydrogens is 311 g/mol. The number of pyridine rings is 1. The van der Waals surface area contributed by atoms with Crippen LogP contribution in [-0.4, -0.2) is 4.98 Å². The number of aryl methyl sites for hydroxylation is 1. The molecule has 1 nitrogen and oxygen atoms in total. The molecule has 0 bridgehead atoms. The highest BCUT2D eigenvalue weighted by Gasteiger charge is 2.15. The molecule has 0 saturated heterocycles. The largest absolute Gasteiger partial charge is 0.250 e. The molecule has 2 rings (SSSR count). The Kier molecular flexibility index (Phi) is 3.64. The lowest BCUT2D eigenvalue weighted by Crippen LogP contribution is -1.95. The van der Waals surface area contributed by atoms with Crippen molar-refractivity contribution in [1.82, 2.24) is 4.98 Å². The maximum atomic E-state index is 13.6. The SMILES string of the molecule is CCCc1cc(Cl)c2c(Br)c(F)cc(F)c2n1. The zero-order chi connectivity index (χ0) is 12.6. The Hall–Kier alpha value is -0.740. The van der Waals surface area contributed by atoms with E-state index in [-0.39, 0.29) is 15.4 Å². The van der Waals surface area contributed by atoms with E-state index in [9.17, 15) is 8.78 Å². The Labute approximate surface area is 111 Å². The third-order valence-corrected chi connectivity index (χ3v) is 3.51. The first kappa shape index (κ1) is 12.7. The molecule has 1 aromatic carbocycles. The van der Waals surface area contributed by atoms with Crippen LogP contribution in [0.4, 0.5) is 8.78 Å². The van der Waals surface area contributed by atoms with Crippen LogP contribution in [0.15, 0.2) is 16.6 Å². The molecule has 5 heteroatoms. The average molecular weight is 321 g/mol. The summed E-state index contributed by atoms with van der Waals surface area (Å²) in [7, 11) is 0. The molecule has 0 N–H and O–H groups in total. The van der Waals surface area contributed by atoms with Crippen molar-refractivity contribution in [2.45, 2.75) is 19.8 Å². The van der Waals surface area contributed by atoms with Gasteiger partial charge in [-0.25, -0.2) is 13.8 Å². The number of nitrogens with zero attached hydrogens (tertiary/aromatic N) is 1. The van der Waals surface area contributed by atoms with Crippen molar-refractivity contribution in [3.63, 3.8) is 0 Å². The van der Waals surface area contributed by atoms with E-state index >= 15 is 0 Å². The van der Waals surface area contributed by atoms with Gasteiger partial charge in [-0.1, -0.05) is 24.9 Å². The number of aromatic nitrogens is 1. The molecule has 2 aromatic rings. The smallest absolute Gasteiger partial charge is 0.152 e. The molecule has 0 fully saturated rings. The fourth-order valence-corrected chi connectivity index (χ4v) is 2.63. The van der Waals surface area contributed by atoms with E-state index in [2.05, 4.69) is 20.9 Å². The summed E-state index contributed by atoms with van der Waals surface area (Å²) < 4.78 is 27.2. The van der Waals surface area contributed by atoms with Gasteiger partial charge in [0.15, 0.2) is 5.82 Å². The molecule has 0 aliphatic heterocycles. The molecule has 1 heterocycles. The highest BCUT2D eigenvalue weighted by Crippen LogP contribution is 2.34. The standard InChI is InChI=1S/C12H9BrClF2N/c1-2-3-6-4-7(14)10-11(13)8(15)5-9(16)12(10)17-6/h4-5H,2-3H2,1H3. The molecule has 0 spiro atoms. The van der Waals surface area contributed by atoms with Gasteiger partial charge in [-0.2, -0.15) is 0 Å². The van der Waals surface area contributed by atoms with Gasteiger partial charge in [0.05, 0.1) is 9.50 Å². The first-order valence-corrected chi connectivity index (χ1v) is 6.34. The molecule has 0 aliphatic carbocycles. The lowest BCUT2D eigenvalue weighted by molar-refractivity contribution is 0.586. The van der Waals surface area contributed by atoms with Crippen LogP contribution in [-0.2, 0) is 6.42 Å². The summed E-state index contributed by atoms with van der Waals surface area (Å²) in [4.78, 5) is 4.17. The first-order valence-electron chi connectivity index (χ1n) is 5.17. The van der Waals surface area contributed by atoms with Crippen LogP contribution in [0.1, 0.15) is 19.0 Å². The van der Waals surface area contributed by atoms with E-state index in [0.717, 1.165) is 12.5 Å². The second-order valence-corrected chi connectivity index (χ2v) is 4.92. The Bertz CT molecular complexity index is 586. The van der Waals surface area contributed by atoms with Crippen molar-refractivity contribution in [3.05, 3.63) is 39.0 Å². The van der Waals surface area contributed by atoms with Gasteiger partial charge in [-0.05, 0) is 28.4 Å². The van der Waals surface area contributed by atoms with E-state index in [4.69, 9.17) is 11.6 Å². The van der Waals surface area contributed by atoms with Crippen molar-refractivity contribution in [1.29, 1.82) is 0 Å². The second kappa shape index (κ2) is 4.86. The number of halogens is 4. The maximum absolute atomic E-state index is 13.6. The third-order valence-electron chi connectivity index (χ3n) is 2.44. The molecule has 90 valence electrons. The Morgan fingerprint density at radius 2 is 2.00 bits per heavy atom. The highest BCUT2D eigenvalue weighted by molar-refractivity contribution is 9.10. The average Bonchev–Trinajstić information content (AvgIpc) is 2.26. The van der Waals surface area contributed by atoms with E-state index < -0.39 is 11.6 Å². The number of hydrogen-bond donors (Lipinski definition) is 0. The van der Waals surface area contributed by atoms with E-state index in [0.29, 0.717) is 17.1 Å². The molecule has 0 saturated carbocycles. The number of benzene rings is 1. The van der Waals surface area contributed by atoms with Gasteiger partial charge in [-0.3, -0.25) is 0 Å². The summed E-state index contributed by atoms with van der Waals surface area (Å²) in [6, 6.07) is 2.46. The molecule has 0 amide bonds. The highest BCUT2D eigenvalue weighted by atomic mass is 79.9. The predicted molar refractivity (Wildman–Crippen MR) is 68.4 cm³/mol. The second-order valence-electron chi connectivity index (χ2n) is 3.72. The lowest BCUT2D eigenvalue weighted by Gasteiger charge is -2.08. The lowest BCUT2D eigenvalue weighted by atomic mass is 10.1. The van der Waals surface area contributed by atoms with Crippen LogP contribution >= 0.6 is 27.5 Å². The zero-order valence-corrected chi connectivity index (χ0v) is 11.4. The molecule has 0 unspecified atom stereocenters. The Morgan fingerprint density at radius 1 is 1.29 bits per heavy atom. The summed E-state index contributed by atoms with van der Waals surface area (Å²) in [6.45, 7) is 2.00. The number of hydrogen-bond acceptors (Lipinski definition) is 1. The van der Waals surface area contributed by atoms with Crippen LogP contribution in [0.3, 0.4) is 0 Å². The number of rotatable bonds is 2. The van der Waals surface area contributed by atoms with E-state index in [1.807, 2.05) is 6.92 Å². The minimum atomic E-state index is -0.694. The summed E-state index contributed by atoms with van der Waals surface area (Å²) in [5.74, 6) is -1.37. The molecule has 17 heavy (non-hydrogen) atoms. The van der Waals surface area contributed by atoms with Crippen LogP contribution in [0.5, 0.6) is 0 Å². The van der Waals surface area contributed by atoms with Gasteiger partial charge in [0, 0.05) is 17.1 Å². The van der Waals surface area contributed by atoms with Crippen LogP contribution in [0, 0.1) is 11.6 Å². The van der Waals surface area contributed by atoms with E-state index in [1.165, 1.54) is 0 Å². The summed E-state index contributed by atoms with van der Waals surface area (Å²) in [5.41, 5.74) is 0.816. The Balaban J connectivity index is 2.81. The fourth-order valence-electron chi connectivity index (χ4n) is 1.69. The summed E-state index contributed by atoms with van der Waals surface area (Å²) in [5, 5.41) is 0.591. The van der Waals surface area contributed by atoms with Crippen LogP contribution in [0.2, 0.25) is 5.02 Å². The van der Waals surface area contributed by atoms with Crippen molar-refractivity contribution in [3.8, 4) is 0 Å². The first-order chi connectivity index (χ1) is 8.04. The fraction of sp³-hybridized carbons (Fsp3) is 0.250. The molecule has 0 atom stereocenters. The van der Waals surface area contributed by atoms with Gasteiger partial charge < -0.3 is 0 Å². The summed E-state index contributed by atoms with van der Waals surface area (Å²) >= 11 is 9.11. The number of fused-ring (bicyclic) bond motifs is 1. The molecule has 0 radical (unpaired) electrons. The van der Waals surface area contributed by atoms with Gasteiger partial charge in [0.2, 0.25) is 0 Å². The normalized spacial score (nSPS) is 11.1. The molecular formula is C12H9BrClF2N. The minimum Gasteiger partial charge on any atom is -0.250 e. The molecule has 0 aliphatic rings. The van der Waals surface area contributed by atoms with Crippen LogP contribution < -0.4 is 0 Å². The van der Waals surface area contributed by atoms with Crippen molar-refractivity contribution < 1.29 is 8.78 Å².